The van der Waals surface area contributed by atoms with Crippen LogP contribution in [-0.2, 0) is 4.79 Å². The second kappa shape index (κ2) is 16.8. The first kappa shape index (κ1) is 21.4. The van der Waals surface area contributed by atoms with Crippen LogP contribution >= 0.6 is 0 Å². The third kappa shape index (κ3) is 14.4. The number of rotatable bonds is 1. The molecule has 0 bridgehead atoms. The molecule has 1 rings (SSSR count). The van der Waals surface area contributed by atoms with E-state index in [9.17, 15) is 4.79 Å². The van der Waals surface area contributed by atoms with E-state index in [-0.39, 0.29) is 0 Å². The molecular weight excluding hydrogens is 316 g/mol. The second-order valence-electron chi connectivity index (χ2n) is 4.29. The molecule has 1 heteroatoms. The fraction of sp³-hybridized carbons (Fsp3) is 0.160. The van der Waals surface area contributed by atoms with Crippen LogP contribution < -0.4 is 0 Å². The van der Waals surface area contributed by atoms with Gasteiger partial charge in [0.05, 0.1) is 0 Å². The molecule has 0 fully saturated rings. The Morgan fingerprint density at radius 3 is 1.12 bits per heavy atom. The lowest BCUT2D eigenvalue weighted by atomic mass is 10.0. The van der Waals surface area contributed by atoms with Gasteiger partial charge in [0, 0.05) is 5.92 Å². The van der Waals surface area contributed by atoms with Crippen LogP contribution in [0.15, 0.2) is 12.2 Å². The molecule has 1 aliphatic rings. The Kier molecular flexibility index (Phi) is 13.9. The van der Waals surface area contributed by atoms with Gasteiger partial charge in [0.15, 0.2) is 0 Å². The van der Waals surface area contributed by atoms with Gasteiger partial charge in [-0.2, -0.15) is 0 Å². The van der Waals surface area contributed by atoms with Crippen molar-refractivity contribution in [3.63, 3.8) is 0 Å². The number of carbonyl (C=O) groups excluding carboxylic acids is 1. The van der Waals surface area contributed by atoms with Crippen LogP contribution in [0.25, 0.3) is 0 Å². The molecule has 0 radical (unpaired) electrons. The Morgan fingerprint density at radius 2 is 0.923 bits per heavy atom. The standard InChI is InChI=1S/C18H2.C7H10O/c1-3-5-7-9-11-13-15-17-18-16-14-12-10-8-6-4-2;1-6(8)7-4-2-3-5-7/h1-2H;2-3,7H,4-5H2,1H3. The van der Waals surface area contributed by atoms with E-state index in [2.05, 4.69) is 107 Å². The van der Waals surface area contributed by atoms with Gasteiger partial charge < -0.3 is 0 Å². The molecule has 0 N–H and O–H groups in total. The van der Waals surface area contributed by atoms with E-state index in [1.807, 2.05) is 0 Å². The molecule has 0 aromatic rings. The molecule has 0 aliphatic heterocycles. The zero-order valence-corrected chi connectivity index (χ0v) is 14.2. The second-order valence-corrected chi connectivity index (χ2v) is 4.29. The molecule has 0 saturated carbocycles. The molecular formula is C25H12O. The van der Waals surface area contributed by atoms with Gasteiger partial charge in [0.25, 0.3) is 0 Å². The first-order chi connectivity index (χ1) is 12.7. The van der Waals surface area contributed by atoms with Crippen molar-refractivity contribution in [3.8, 4) is 108 Å². The van der Waals surface area contributed by atoms with Gasteiger partial charge in [0.1, 0.15) is 5.78 Å². The summed E-state index contributed by atoms with van der Waals surface area (Å²) in [4.78, 5) is 10.6. The van der Waals surface area contributed by atoms with E-state index in [0.29, 0.717) is 11.7 Å². The topological polar surface area (TPSA) is 17.1 Å². The lowest BCUT2D eigenvalue weighted by molar-refractivity contribution is -0.120. The van der Waals surface area contributed by atoms with Crippen LogP contribution in [0, 0.1) is 113 Å². The van der Waals surface area contributed by atoms with Crippen molar-refractivity contribution in [2.24, 2.45) is 5.92 Å². The minimum absolute atomic E-state index is 0.315. The summed E-state index contributed by atoms with van der Waals surface area (Å²) in [5.41, 5.74) is 0. The van der Waals surface area contributed by atoms with Crippen molar-refractivity contribution in [1.82, 2.24) is 0 Å². The van der Waals surface area contributed by atoms with E-state index in [4.69, 9.17) is 12.8 Å². The molecule has 0 amide bonds. The van der Waals surface area contributed by atoms with Crippen molar-refractivity contribution >= 4 is 5.78 Å². The summed E-state index contributed by atoms with van der Waals surface area (Å²) in [7, 11) is 0. The Balaban J connectivity index is 0.000000642. The molecule has 0 aromatic carbocycles. The van der Waals surface area contributed by atoms with Crippen molar-refractivity contribution in [2.75, 3.05) is 0 Å². The van der Waals surface area contributed by atoms with Crippen LogP contribution in [0.5, 0.6) is 0 Å². The Morgan fingerprint density at radius 1 is 0.654 bits per heavy atom. The highest BCUT2D eigenvalue weighted by Gasteiger charge is 2.13. The molecule has 0 saturated heterocycles. The molecule has 0 spiro atoms. The molecule has 0 heterocycles. The van der Waals surface area contributed by atoms with Gasteiger partial charge in [-0.15, -0.1) is 12.8 Å². The summed E-state index contributed by atoms with van der Waals surface area (Å²) >= 11 is 0. The minimum Gasteiger partial charge on any atom is -0.300 e. The predicted molar refractivity (Wildman–Crippen MR) is 105 cm³/mol. The number of terminal acetylenes is 2. The van der Waals surface area contributed by atoms with Gasteiger partial charge in [0.2, 0.25) is 0 Å². The van der Waals surface area contributed by atoms with Crippen molar-refractivity contribution in [3.05, 3.63) is 12.2 Å². The summed E-state index contributed by atoms with van der Waals surface area (Å²) in [6.07, 6.45) is 15.8. The smallest absolute Gasteiger partial charge is 0.133 e. The average molecular weight is 328 g/mol. The van der Waals surface area contributed by atoms with Crippen molar-refractivity contribution in [2.45, 2.75) is 19.8 Å². The van der Waals surface area contributed by atoms with Crippen LogP contribution in [0.3, 0.4) is 0 Å². The fourth-order valence-corrected chi connectivity index (χ4v) is 1.40. The highest BCUT2D eigenvalue weighted by atomic mass is 16.1. The van der Waals surface area contributed by atoms with Crippen LogP contribution in [0.2, 0.25) is 0 Å². The molecule has 1 aliphatic carbocycles. The monoisotopic (exact) mass is 328 g/mol. The summed E-state index contributed by atoms with van der Waals surface area (Å²) in [6.45, 7) is 1.66. The van der Waals surface area contributed by atoms with E-state index in [1.165, 1.54) is 0 Å². The third-order valence-corrected chi connectivity index (χ3v) is 2.54. The zero-order valence-electron chi connectivity index (χ0n) is 14.2. The number of hydrogen-bond acceptors (Lipinski definition) is 1. The van der Waals surface area contributed by atoms with Crippen LogP contribution in [0.1, 0.15) is 19.8 Å². The van der Waals surface area contributed by atoms with E-state index in [0.717, 1.165) is 12.8 Å². The summed E-state index contributed by atoms with van der Waals surface area (Å²) in [5, 5.41) is 0. The number of ketones is 1. The number of carbonyl (C=O) groups is 1. The number of hydrogen-bond donors (Lipinski definition) is 0. The van der Waals surface area contributed by atoms with Gasteiger partial charge in [-0.25, -0.2) is 0 Å². The molecule has 118 valence electrons. The lowest BCUT2D eigenvalue weighted by Gasteiger charge is -1.99. The average Bonchev–Trinajstić information content (AvgIpc) is 3.18. The maximum atomic E-state index is 10.6. The number of allylic oxidation sites excluding steroid dienone is 2. The normalized spacial score (nSPS) is 8.58. The molecule has 26 heavy (non-hydrogen) atoms. The molecule has 0 atom stereocenters. The van der Waals surface area contributed by atoms with Crippen LogP contribution in [0.4, 0.5) is 0 Å². The Labute approximate surface area is 156 Å². The number of Topliss-reactive ketones (excluding diaryl/α,β-unsaturated/α-hetero) is 1. The van der Waals surface area contributed by atoms with Crippen molar-refractivity contribution in [1.29, 1.82) is 0 Å². The van der Waals surface area contributed by atoms with E-state index < -0.39 is 0 Å². The van der Waals surface area contributed by atoms with Gasteiger partial charge in [-0.3, -0.25) is 4.79 Å². The Bertz CT molecular complexity index is 984. The van der Waals surface area contributed by atoms with Crippen molar-refractivity contribution < 1.29 is 4.79 Å². The Hall–Kier alpha value is -4.55. The van der Waals surface area contributed by atoms with Gasteiger partial charge in [-0.1, -0.05) is 12.2 Å². The van der Waals surface area contributed by atoms with Gasteiger partial charge >= 0.3 is 0 Å². The zero-order chi connectivity index (χ0) is 19.3. The first-order valence-corrected chi connectivity index (χ1v) is 7.29. The van der Waals surface area contributed by atoms with E-state index in [1.54, 1.807) is 6.92 Å². The highest BCUT2D eigenvalue weighted by molar-refractivity contribution is 5.79. The molecule has 1 nitrogen and oxygen atoms in total. The van der Waals surface area contributed by atoms with Gasteiger partial charge in [-0.05, 0) is 114 Å². The quantitative estimate of drug-likeness (QED) is 0.530. The summed E-state index contributed by atoms with van der Waals surface area (Å²) in [5.74, 6) is 38.9. The maximum Gasteiger partial charge on any atom is 0.133 e. The fourth-order valence-electron chi connectivity index (χ4n) is 1.40. The predicted octanol–water partition coefficient (Wildman–Crippen LogP) is 1.82. The minimum atomic E-state index is 0.315. The third-order valence-electron chi connectivity index (χ3n) is 2.54. The highest BCUT2D eigenvalue weighted by Crippen LogP contribution is 2.17. The summed E-state index contributed by atoms with van der Waals surface area (Å²) < 4.78 is 0. The largest absolute Gasteiger partial charge is 0.300 e. The van der Waals surface area contributed by atoms with Crippen LogP contribution in [-0.4, -0.2) is 5.78 Å². The first-order valence-electron chi connectivity index (χ1n) is 7.29. The summed E-state index contributed by atoms with van der Waals surface area (Å²) in [6, 6.07) is 0. The van der Waals surface area contributed by atoms with E-state index >= 15 is 0 Å². The maximum absolute atomic E-state index is 10.6. The lowest BCUT2D eigenvalue weighted by Crippen LogP contribution is -2.04. The SMILES string of the molecule is C#CC#CC#CC#CC#CC#CC#CC#CC#C.CC(=O)C1CC=CC1. The molecule has 0 unspecified atom stereocenters. The molecule has 0 aromatic heterocycles.